The number of ether oxygens (including phenoxy) is 1. The summed E-state index contributed by atoms with van der Waals surface area (Å²) >= 11 is 0. The van der Waals surface area contributed by atoms with Gasteiger partial charge < -0.3 is 4.74 Å². The van der Waals surface area contributed by atoms with Crippen molar-refractivity contribution in [1.82, 2.24) is 10.9 Å². The lowest BCUT2D eigenvalue weighted by Crippen LogP contribution is -2.41. The van der Waals surface area contributed by atoms with Crippen molar-refractivity contribution in [1.29, 1.82) is 5.26 Å². The molecule has 6 heteroatoms. The molecule has 0 heterocycles. The Morgan fingerprint density at radius 1 is 0.821 bits per heavy atom. The van der Waals surface area contributed by atoms with E-state index in [9.17, 15) is 9.59 Å². The summed E-state index contributed by atoms with van der Waals surface area (Å²) in [5, 5.41) is 8.88. The lowest BCUT2D eigenvalue weighted by molar-refractivity contribution is 0.0846. The van der Waals surface area contributed by atoms with E-state index >= 15 is 0 Å². The van der Waals surface area contributed by atoms with Crippen LogP contribution in [-0.4, -0.2) is 11.8 Å². The highest BCUT2D eigenvalue weighted by atomic mass is 16.5. The largest absolute Gasteiger partial charge is 0.489 e. The van der Waals surface area contributed by atoms with Crippen molar-refractivity contribution in [2.24, 2.45) is 0 Å². The summed E-state index contributed by atoms with van der Waals surface area (Å²) in [5.74, 6) is -0.175. The molecule has 0 radical (unpaired) electrons. The molecule has 28 heavy (non-hydrogen) atoms. The van der Waals surface area contributed by atoms with Crippen LogP contribution in [0, 0.1) is 11.3 Å². The van der Waals surface area contributed by atoms with Gasteiger partial charge in [-0.25, -0.2) is 0 Å². The number of carbonyl (C=O) groups is 2. The van der Waals surface area contributed by atoms with Gasteiger partial charge in [-0.15, -0.1) is 0 Å². The Kier molecular flexibility index (Phi) is 6.01. The molecule has 0 aliphatic rings. The minimum absolute atomic E-state index is 0.285. The first kappa shape index (κ1) is 18.7. The third-order valence-corrected chi connectivity index (χ3v) is 3.91. The minimum Gasteiger partial charge on any atom is -0.489 e. The van der Waals surface area contributed by atoms with Crippen LogP contribution in [0.15, 0.2) is 78.9 Å². The molecule has 3 aromatic carbocycles. The van der Waals surface area contributed by atoms with Crippen LogP contribution in [0.5, 0.6) is 5.75 Å². The van der Waals surface area contributed by atoms with E-state index in [2.05, 4.69) is 10.9 Å². The SMILES string of the molecule is N#Cc1cccc(C(=O)NNC(=O)c2ccc(COc3ccccc3)cc2)c1. The molecule has 2 amide bonds. The molecule has 0 spiro atoms. The Balaban J connectivity index is 1.53. The van der Waals surface area contributed by atoms with Crippen LogP contribution in [0.25, 0.3) is 0 Å². The van der Waals surface area contributed by atoms with Crippen LogP contribution in [0.2, 0.25) is 0 Å². The number of nitrogens with one attached hydrogen (secondary N) is 2. The van der Waals surface area contributed by atoms with Crippen molar-refractivity contribution >= 4 is 11.8 Å². The van der Waals surface area contributed by atoms with Crippen LogP contribution < -0.4 is 15.6 Å². The summed E-state index contributed by atoms with van der Waals surface area (Å²) in [5.41, 5.74) is 6.66. The van der Waals surface area contributed by atoms with Crippen LogP contribution in [0.4, 0.5) is 0 Å². The molecule has 0 atom stereocenters. The topological polar surface area (TPSA) is 91.2 Å². The summed E-state index contributed by atoms with van der Waals surface area (Å²) < 4.78 is 5.66. The van der Waals surface area contributed by atoms with E-state index < -0.39 is 11.8 Å². The number of amides is 2. The highest BCUT2D eigenvalue weighted by Crippen LogP contribution is 2.12. The number of benzene rings is 3. The van der Waals surface area contributed by atoms with Gasteiger partial charge in [0.15, 0.2) is 0 Å². The summed E-state index contributed by atoms with van der Waals surface area (Å²) in [6.45, 7) is 0.387. The van der Waals surface area contributed by atoms with E-state index in [-0.39, 0.29) is 5.56 Å². The predicted molar refractivity (Wildman–Crippen MR) is 103 cm³/mol. The van der Waals surface area contributed by atoms with Gasteiger partial charge in [0.2, 0.25) is 0 Å². The maximum Gasteiger partial charge on any atom is 0.269 e. The molecule has 0 aromatic heterocycles. The van der Waals surface area contributed by atoms with E-state index in [4.69, 9.17) is 10.00 Å². The number of hydrogen-bond donors (Lipinski definition) is 2. The number of nitrogens with zero attached hydrogens (tertiary/aromatic N) is 1. The molecule has 0 aliphatic heterocycles. The van der Waals surface area contributed by atoms with Gasteiger partial charge in [-0.05, 0) is 48.0 Å². The molecule has 6 nitrogen and oxygen atoms in total. The Bertz CT molecular complexity index is 1010. The summed E-state index contributed by atoms with van der Waals surface area (Å²) in [4.78, 5) is 24.3. The standard InChI is InChI=1S/C22H17N3O3/c23-14-17-5-4-6-19(13-17)22(27)25-24-21(26)18-11-9-16(10-12-18)15-28-20-7-2-1-3-8-20/h1-13H,15H2,(H,24,26)(H,25,27). The van der Waals surface area contributed by atoms with Gasteiger partial charge >= 0.3 is 0 Å². The van der Waals surface area contributed by atoms with Crippen LogP contribution in [0.1, 0.15) is 31.8 Å². The number of hydrogen-bond acceptors (Lipinski definition) is 4. The number of rotatable bonds is 5. The first-order valence-corrected chi connectivity index (χ1v) is 8.53. The Hall–Kier alpha value is -4.11. The number of nitriles is 1. The molecule has 0 bridgehead atoms. The van der Waals surface area contributed by atoms with E-state index in [1.165, 1.54) is 6.07 Å². The Morgan fingerprint density at radius 3 is 2.18 bits per heavy atom. The average molecular weight is 371 g/mol. The molecule has 0 unspecified atom stereocenters. The van der Waals surface area contributed by atoms with Gasteiger partial charge in [-0.2, -0.15) is 5.26 Å². The second kappa shape index (κ2) is 9.01. The van der Waals surface area contributed by atoms with Gasteiger partial charge in [-0.1, -0.05) is 36.4 Å². The maximum atomic E-state index is 12.2. The highest BCUT2D eigenvalue weighted by Gasteiger charge is 2.10. The van der Waals surface area contributed by atoms with Gasteiger partial charge in [0, 0.05) is 11.1 Å². The molecule has 138 valence electrons. The molecule has 0 fully saturated rings. The first-order valence-electron chi connectivity index (χ1n) is 8.53. The Labute approximate surface area is 162 Å². The highest BCUT2D eigenvalue weighted by molar-refractivity contribution is 5.99. The van der Waals surface area contributed by atoms with Gasteiger partial charge in [0.1, 0.15) is 12.4 Å². The van der Waals surface area contributed by atoms with Crippen LogP contribution in [0.3, 0.4) is 0 Å². The zero-order valence-corrected chi connectivity index (χ0v) is 14.9. The maximum absolute atomic E-state index is 12.2. The quantitative estimate of drug-likeness (QED) is 0.674. The predicted octanol–water partition coefficient (Wildman–Crippen LogP) is 3.21. The van der Waals surface area contributed by atoms with Crippen molar-refractivity contribution in [3.05, 3.63) is 101 Å². The van der Waals surface area contributed by atoms with Gasteiger partial charge in [-0.3, -0.25) is 20.4 Å². The van der Waals surface area contributed by atoms with Crippen molar-refractivity contribution in [3.8, 4) is 11.8 Å². The average Bonchev–Trinajstić information content (AvgIpc) is 2.77. The fourth-order valence-electron chi connectivity index (χ4n) is 2.42. The molecule has 3 rings (SSSR count). The third kappa shape index (κ3) is 4.96. The molecule has 0 saturated carbocycles. The Morgan fingerprint density at radius 2 is 1.50 bits per heavy atom. The zero-order valence-electron chi connectivity index (χ0n) is 14.9. The molecular weight excluding hydrogens is 354 g/mol. The van der Waals surface area contributed by atoms with E-state index in [0.29, 0.717) is 17.7 Å². The molecule has 0 saturated heterocycles. The zero-order chi connectivity index (χ0) is 19.8. The number of carbonyl (C=O) groups excluding carboxylic acids is 2. The fourth-order valence-corrected chi connectivity index (χ4v) is 2.42. The second-order valence-electron chi connectivity index (χ2n) is 5.90. The fraction of sp³-hybridized carbons (Fsp3) is 0.0455. The van der Waals surface area contributed by atoms with Crippen LogP contribution in [-0.2, 0) is 6.61 Å². The summed E-state index contributed by atoms with van der Waals surface area (Å²) in [6, 6.07) is 24.5. The normalized spacial score (nSPS) is 9.82. The number of para-hydroxylation sites is 1. The molecule has 3 aromatic rings. The molecular formula is C22H17N3O3. The van der Waals surface area contributed by atoms with Crippen molar-refractivity contribution < 1.29 is 14.3 Å². The number of hydrazine groups is 1. The van der Waals surface area contributed by atoms with Gasteiger partial charge in [0.05, 0.1) is 11.6 Å². The summed E-state index contributed by atoms with van der Waals surface area (Å²) in [6.07, 6.45) is 0. The van der Waals surface area contributed by atoms with E-state index in [1.807, 2.05) is 36.4 Å². The van der Waals surface area contributed by atoms with Crippen LogP contribution >= 0.6 is 0 Å². The lowest BCUT2D eigenvalue weighted by atomic mass is 10.1. The van der Waals surface area contributed by atoms with E-state index in [0.717, 1.165) is 11.3 Å². The summed E-state index contributed by atoms with van der Waals surface area (Å²) in [7, 11) is 0. The van der Waals surface area contributed by atoms with Crippen molar-refractivity contribution in [2.75, 3.05) is 0 Å². The third-order valence-electron chi connectivity index (χ3n) is 3.91. The smallest absolute Gasteiger partial charge is 0.269 e. The first-order chi connectivity index (χ1) is 13.7. The van der Waals surface area contributed by atoms with Crippen molar-refractivity contribution in [3.63, 3.8) is 0 Å². The minimum atomic E-state index is -0.502. The van der Waals surface area contributed by atoms with E-state index in [1.54, 1.807) is 42.5 Å². The van der Waals surface area contributed by atoms with Crippen molar-refractivity contribution in [2.45, 2.75) is 6.61 Å². The lowest BCUT2D eigenvalue weighted by Gasteiger charge is -2.09. The van der Waals surface area contributed by atoms with Gasteiger partial charge in [0.25, 0.3) is 11.8 Å². The molecule has 0 aliphatic carbocycles. The molecule has 2 N–H and O–H groups in total. The second-order valence-corrected chi connectivity index (χ2v) is 5.90. The monoisotopic (exact) mass is 371 g/mol.